The van der Waals surface area contributed by atoms with Crippen molar-refractivity contribution in [2.24, 2.45) is 0 Å². The van der Waals surface area contributed by atoms with Crippen molar-refractivity contribution in [2.75, 3.05) is 37.3 Å². The number of hydrogen-bond acceptors (Lipinski definition) is 4. The molecule has 2 fully saturated rings. The van der Waals surface area contributed by atoms with E-state index in [-0.39, 0.29) is 5.91 Å². The van der Waals surface area contributed by atoms with Crippen LogP contribution in [0, 0.1) is 0 Å². The Morgan fingerprint density at radius 2 is 1.68 bits per heavy atom. The van der Waals surface area contributed by atoms with Gasteiger partial charge in [-0.3, -0.25) is 9.52 Å². The molecule has 1 aliphatic heterocycles. The first-order chi connectivity index (χ1) is 11.9. The van der Waals surface area contributed by atoms with Crippen LogP contribution in [-0.2, 0) is 25.0 Å². The first kappa shape index (κ1) is 18.2. The maximum absolute atomic E-state index is 13.3. The molecule has 1 amide bonds. The van der Waals surface area contributed by atoms with E-state index in [4.69, 9.17) is 4.74 Å². The minimum Gasteiger partial charge on any atom is -0.378 e. The topological polar surface area (TPSA) is 75.7 Å². The molecule has 1 aliphatic carbocycles. The second-order valence-electron chi connectivity index (χ2n) is 7.00. The summed E-state index contributed by atoms with van der Waals surface area (Å²) in [6.07, 6.45) is 6.07. The Morgan fingerprint density at radius 3 is 2.24 bits per heavy atom. The summed E-state index contributed by atoms with van der Waals surface area (Å²) in [6, 6.07) is 7.30. The monoisotopic (exact) mass is 366 g/mol. The molecule has 1 saturated heterocycles. The Kier molecular flexibility index (Phi) is 5.34. The number of carbonyl (C=O) groups excluding carboxylic acids is 1. The van der Waals surface area contributed by atoms with Gasteiger partial charge in [-0.2, -0.15) is 0 Å². The number of benzene rings is 1. The molecule has 7 heteroatoms. The first-order valence-corrected chi connectivity index (χ1v) is 10.8. The molecule has 0 spiro atoms. The number of rotatable bonds is 4. The van der Waals surface area contributed by atoms with Crippen LogP contribution < -0.4 is 4.72 Å². The van der Waals surface area contributed by atoms with Crippen molar-refractivity contribution in [3.8, 4) is 0 Å². The standard InChI is InChI=1S/C18H26N2O4S/c1-25(22,23)19-16-7-5-15(6-8-16)18(9-3-2-4-10-18)17(21)20-11-13-24-14-12-20/h5-8,19H,2-4,9-14H2,1H3. The lowest BCUT2D eigenvalue weighted by molar-refractivity contribution is -0.143. The predicted octanol–water partition coefficient (Wildman–Crippen LogP) is 2.12. The minimum absolute atomic E-state index is 0.194. The predicted molar refractivity (Wildman–Crippen MR) is 97.1 cm³/mol. The molecule has 1 aromatic rings. The van der Waals surface area contributed by atoms with Gasteiger partial charge in [-0.25, -0.2) is 8.42 Å². The highest BCUT2D eigenvalue weighted by Crippen LogP contribution is 2.41. The molecular weight excluding hydrogens is 340 g/mol. The highest BCUT2D eigenvalue weighted by Gasteiger charge is 2.43. The van der Waals surface area contributed by atoms with Crippen LogP contribution in [0.15, 0.2) is 24.3 Å². The van der Waals surface area contributed by atoms with E-state index in [0.29, 0.717) is 32.0 Å². The van der Waals surface area contributed by atoms with Gasteiger partial charge in [0.05, 0.1) is 24.9 Å². The molecule has 2 aliphatic rings. The molecule has 1 N–H and O–H groups in total. The third-order valence-corrected chi connectivity index (χ3v) is 5.76. The van der Waals surface area contributed by atoms with E-state index in [9.17, 15) is 13.2 Å². The Hall–Kier alpha value is -1.60. The fourth-order valence-electron chi connectivity index (χ4n) is 3.92. The largest absolute Gasteiger partial charge is 0.378 e. The summed E-state index contributed by atoms with van der Waals surface area (Å²) in [6.45, 7) is 2.49. The molecule has 0 radical (unpaired) electrons. The van der Waals surface area contributed by atoms with Crippen molar-refractivity contribution in [2.45, 2.75) is 37.5 Å². The fourth-order valence-corrected chi connectivity index (χ4v) is 4.49. The van der Waals surface area contributed by atoms with Gasteiger partial charge in [0.25, 0.3) is 0 Å². The minimum atomic E-state index is -3.30. The summed E-state index contributed by atoms with van der Waals surface area (Å²) >= 11 is 0. The molecule has 138 valence electrons. The highest BCUT2D eigenvalue weighted by molar-refractivity contribution is 7.92. The molecule has 6 nitrogen and oxygen atoms in total. The number of sulfonamides is 1. The third-order valence-electron chi connectivity index (χ3n) is 5.16. The second-order valence-corrected chi connectivity index (χ2v) is 8.75. The molecule has 3 rings (SSSR count). The van der Waals surface area contributed by atoms with Crippen molar-refractivity contribution < 1.29 is 17.9 Å². The summed E-state index contributed by atoms with van der Waals surface area (Å²) in [5.41, 5.74) is 1.03. The fraction of sp³-hybridized carbons (Fsp3) is 0.611. The summed E-state index contributed by atoms with van der Waals surface area (Å²) in [7, 11) is -3.30. The zero-order chi connectivity index (χ0) is 17.9. The van der Waals surface area contributed by atoms with E-state index in [1.165, 1.54) is 0 Å². The molecule has 0 bridgehead atoms. The van der Waals surface area contributed by atoms with E-state index in [0.717, 1.165) is 43.9 Å². The van der Waals surface area contributed by atoms with Gasteiger partial charge in [0, 0.05) is 18.8 Å². The number of morpholine rings is 1. The number of amides is 1. The number of nitrogens with one attached hydrogen (secondary N) is 1. The molecule has 1 heterocycles. The van der Waals surface area contributed by atoms with E-state index in [2.05, 4.69) is 4.72 Å². The van der Waals surface area contributed by atoms with Crippen molar-refractivity contribution >= 4 is 21.6 Å². The van der Waals surface area contributed by atoms with Crippen LogP contribution in [0.3, 0.4) is 0 Å². The number of hydrogen-bond donors (Lipinski definition) is 1. The number of anilines is 1. The van der Waals surface area contributed by atoms with Crippen molar-refractivity contribution in [1.82, 2.24) is 4.90 Å². The third kappa shape index (κ3) is 4.15. The Bertz CT molecular complexity index is 703. The van der Waals surface area contributed by atoms with Gasteiger partial charge < -0.3 is 9.64 Å². The average Bonchev–Trinajstić information content (AvgIpc) is 2.62. The quantitative estimate of drug-likeness (QED) is 0.886. The van der Waals surface area contributed by atoms with Crippen LogP contribution in [0.5, 0.6) is 0 Å². The molecule has 0 aromatic heterocycles. The average molecular weight is 366 g/mol. The van der Waals surface area contributed by atoms with Gasteiger partial charge in [-0.15, -0.1) is 0 Å². The van der Waals surface area contributed by atoms with Gasteiger partial charge in [-0.1, -0.05) is 31.4 Å². The van der Waals surface area contributed by atoms with Crippen molar-refractivity contribution in [1.29, 1.82) is 0 Å². The van der Waals surface area contributed by atoms with Crippen molar-refractivity contribution in [3.63, 3.8) is 0 Å². The van der Waals surface area contributed by atoms with Gasteiger partial charge >= 0.3 is 0 Å². The molecular formula is C18H26N2O4S. The van der Waals surface area contributed by atoms with Gasteiger partial charge in [0.2, 0.25) is 15.9 Å². The summed E-state index contributed by atoms with van der Waals surface area (Å²) in [4.78, 5) is 15.3. The molecule has 0 atom stereocenters. The number of nitrogens with zero attached hydrogens (tertiary/aromatic N) is 1. The van der Waals surface area contributed by atoms with Crippen LogP contribution in [0.2, 0.25) is 0 Å². The Labute approximate surface area is 149 Å². The smallest absolute Gasteiger partial charge is 0.233 e. The van der Waals surface area contributed by atoms with E-state index >= 15 is 0 Å². The van der Waals surface area contributed by atoms with E-state index in [1.54, 1.807) is 12.1 Å². The lowest BCUT2D eigenvalue weighted by atomic mass is 9.68. The summed E-state index contributed by atoms with van der Waals surface area (Å²) < 4.78 is 30.6. The first-order valence-electron chi connectivity index (χ1n) is 8.86. The summed E-state index contributed by atoms with van der Waals surface area (Å²) in [5, 5.41) is 0. The maximum Gasteiger partial charge on any atom is 0.233 e. The molecule has 1 aromatic carbocycles. The maximum atomic E-state index is 13.3. The lowest BCUT2D eigenvalue weighted by Crippen LogP contribution is -2.51. The van der Waals surface area contributed by atoms with Crippen LogP contribution in [0.25, 0.3) is 0 Å². The normalized spacial score (nSPS) is 20.9. The van der Waals surface area contributed by atoms with Gasteiger partial charge in [-0.05, 0) is 30.5 Å². The van der Waals surface area contributed by atoms with Crippen molar-refractivity contribution in [3.05, 3.63) is 29.8 Å². The van der Waals surface area contributed by atoms with Crippen LogP contribution in [0.1, 0.15) is 37.7 Å². The Morgan fingerprint density at radius 1 is 1.08 bits per heavy atom. The second kappa shape index (κ2) is 7.33. The Balaban J connectivity index is 1.88. The van der Waals surface area contributed by atoms with E-state index < -0.39 is 15.4 Å². The number of ether oxygens (including phenoxy) is 1. The molecule has 0 unspecified atom stereocenters. The zero-order valence-electron chi connectivity index (χ0n) is 14.7. The van der Waals surface area contributed by atoms with Crippen LogP contribution in [0.4, 0.5) is 5.69 Å². The lowest BCUT2D eigenvalue weighted by Gasteiger charge is -2.41. The van der Waals surface area contributed by atoms with Crippen LogP contribution >= 0.6 is 0 Å². The van der Waals surface area contributed by atoms with Crippen LogP contribution in [-0.4, -0.2) is 51.8 Å². The summed E-state index contributed by atoms with van der Waals surface area (Å²) in [5.74, 6) is 0.194. The highest BCUT2D eigenvalue weighted by atomic mass is 32.2. The number of carbonyl (C=O) groups is 1. The van der Waals surface area contributed by atoms with E-state index in [1.807, 2.05) is 17.0 Å². The SMILES string of the molecule is CS(=O)(=O)Nc1ccc(C2(C(=O)N3CCOCC3)CCCCC2)cc1. The van der Waals surface area contributed by atoms with Gasteiger partial charge in [0.15, 0.2) is 0 Å². The molecule has 25 heavy (non-hydrogen) atoms. The van der Waals surface area contributed by atoms with Gasteiger partial charge in [0.1, 0.15) is 0 Å². The molecule has 1 saturated carbocycles. The zero-order valence-corrected chi connectivity index (χ0v) is 15.5.